The Bertz CT molecular complexity index is 292. The number of hydrogen-bond donors (Lipinski definition) is 0. The molecule has 0 aliphatic heterocycles. The zero-order valence-electron chi connectivity index (χ0n) is 7.46. The Labute approximate surface area is 89.3 Å². The smallest absolute Gasteiger partial charge is 0.367 e. The molecule has 3 nitrogen and oxygen atoms in total. The van der Waals surface area contributed by atoms with Crippen LogP contribution in [0.25, 0.3) is 0 Å². The maximum Gasteiger partial charge on any atom is 0.367 e. The van der Waals surface area contributed by atoms with Crippen LogP contribution in [0.15, 0.2) is 3.79 Å². The standard InChI is InChI=1S/C8H10BrNO2S/c1-3-4-12-8(11)7-10-5(2)6(9)13-7/h3-4H2,1-2H3. The minimum atomic E-state index is -0.333. The number of aromatic nitrogens is 1. The average molecular weight is 264 g/mol. The van der Waals surface area contributed by atoms with Crippen molar-refractivity contribution in [3.05, 3.63) is 14.5 Å². The van der Waals surface area contributed by atoms with Gasteiger partial charge in [-0.15, -0.1) is 0 Å². The molecule has 0 radical (unpaired) electrons. The number of halogens is 1. The predicted octanol–water partition coefficient (Wildman–Crippen LogP) is 2.78. The predicted molar refractivity (Wildman–Crippen MR) is 55.1 cm³/mol. The molecule has 1 rings (SSSR count). The van der Waals surface area contributed by atoms with Crippen molar-refractivity contribution in [3.8, 4) is 0 Å². The number of esters is 1. The summed E-state index contributed by atoms with van der Waals surface area (Å²) in [5.41, 5.74) is 0.827. The summed E-state index contributed by atoms with van der Waals surface area (Å²) in [6.07, 6.45) is 0.831. The molecule has 13 heavy (non-hydrogen) atoms. The van der Waals surface area contributed by atoms with E-state index in [9.17, 15) is 4.79 Å². The second-order valence-electron chi connectivity index (χ2n) is 2.51. The maximum absolute atomic E-state index is 11.3. The summed E-state index contributed by atoms with van der Waals surface area (Å²) in [4.78, 5) is 15.3. The maximum atomic E-state index is 11.3. The van der Waals surface area contributed by atoms with Gasteiger partial charge in [0.05, 0.1) is 16.1 Å². The van der Waals surface area contributed by atoms with E-state index in [2.05, 4.69) is 20.9 Å². The second kappa shape index (κ2) is 4.72. The molecule has 1 aromatic heterocycles. The van der Waals surface area contributed by atoms with Crippen LogP contribution in [0.2, 0.25) is 0 Å². The molecule has 0 bridgehead atoms. The Morgan fingerprint density at radius 1 is 1.69 bits per heavy atom. The summed E-state index contributed by atoms with van der Waals surface area (Å²) in [6.45, 7) is 4.25. The molecule has 0 saturated heterocycles. The van der Waals surface area contributed by atoms with E-state index in [1.807, 2.05) is 13.8 Å². The van der Waals surface area contributed by atoms with Gasteiger partial charge < -0.3 is 4.74 Å². The highest BCUT2D eigenvalue weighted by Crippen LogP contribution is 2.24. The van der Waals surface area contributed by atoms with Gasteiger partial charge in [0, 0.05) is 0 Å². The summed E-state index contributed by atoms with van der Waals surface area (Å²) in [6, 6.07) is 0. The Hall–Kier alpha value is -0.420. The highest BCUT2D eigenvalue weighted by atomic mass is 79.9. The van der Waals surface area contributed by atoms with E-state index in [0.717, 1.165) is 15.9 Å². The van der Waals surface area contributed by atoms with E-state index >= 15 is 0 Å². The van der Waals surface area contributed by atoms with Gasteiger partial charge in [0.25, 0.3) is 0 Å². The summed E-state index contributed by atoms with van der Waals surface area (Å²) in [7, 11) is 0. The average Bonchev–Trinajstić information content (AvgIpc) is 2.43. The monoisotopic (exact) mass is 263 g/mol. The summed E-state index contributed by atoms with van der Waals surface area (Å²) in [5.74, 6) is -0.333. The third kappa shape index (κ3) is 2.77. The first-order chi connectivity index (χ1) is 6.15. The zero-order chi connectivity index (χ0) is 9.84. The molecule has 0 unspecified atom stereocenters. The van der Waals surface area contributed by atoms with Crippen LogP contribution in [-0.4, -0.2) is 17.6 Å². The number of carbonyl (C=O) groups excluding carboxylic acids is 1. The molecule has 0 fully saturated rings. The molecule has 0 amide bonds. The van der Waals surface area contributed by atoms with Crippen LogP contribution in [-0.2, 0) is 4.74 Å². The minimum absolute atomic E-state index is 0.333. The zero-order valence-corrected chi connectivity index (χ0v) is 9.87. The van der Waals surface area contributed by atoms with Crippen molar-refractivity contribution in [2.24, 2.45) is 0 Å². The lowest BCUT2D eigenvalue weighted by atomic mass is 10.5. The lowest BCUT2D eigenvalue weighted by Gasteiger charge is -1.97. The van der Waals surface area contributed by atoms with Gasteiger partial charge >= 0.3 is 5.97 Å². The fourth-order valence-electron chi connectivity index (χ4n) is 0.722. The highest BCUT2D eigenvalue weighted by Gasteiger charge is 2.13. The summed E-state index contributed by atoms with van der Waals surface area (Å²) < 4.78 is 5.82. The van der Waals surface area contributed by atoms with Crippen LogP contribution in [0.1, 0.15) is 28.8 Å². The van der Waals surface area contributed by atoms with Crippen molar-refractivity contribution >= 4 is 33.2 Å². The minimum Gasteiger partial charge on any atom is -0.460 e. The molecule has 0 aromatic carbocycles. The van der Waals surface area contributed by atoms with Crippen LogP contribution < -0.4 is 0 Å². The molecule has 0 spiro atoms. The fourth-order valence-corrected chi connectivity index (χ4v) is 1.96. The number of rotatable bonds is 3. The number of ether oxygens (including phenoxy) is 1. The van der Waals surface area contributed by atoms with E-state index in [1.165, 1.54) is 11.3 Å². The third-order valence-corrected chi connectivity index (χ3v) is 3.34. The largest absolute Gasteiger partial charge is 0.460 e. The number of hydrogen-bond acceptors (Lipinski definition) is 4. The Morgan fingerprint density at radius 3 is 2.85 bits per heavy atom. The summed E-state index contributed by atoms with van der Waals surface area (Å²) >= 11 is 4.60. The number of thiazole rings is 1. The van der Waals surface area contributed by atoms with Gasteiger partial charge in [0.15, 0.2) is 0 Å². The van der Waals surface area contributed by atoms with Crippen LogP contribution in [0.4, 0.5) is 0 Å². The lowest BCUT2D eigenvalue weighted by Crippen LogP contribution is -2.05. The first kappa shape index (κ1) is 10.7. The lowest BCUT2D eigenvalue weighted by molar-refractivity contribution is 0.0504. The molecule has 1 aromatic rings. The second-order valence-corrected chi connectivity index (χ2v) is 4.83. The van der Waals surface area contributed by atoms with Crippen molar-refractivity contribution in [1.29, 1.82) is 0 Å². The van der Waals surface area contributed by atoms with Crippen LogP contribution in [0.5, 0.6) is 0 Å². The number of aryl methyl sites for hydroxylation is 1. The third-order valence-electron chi connectivity index (χ3n) is 1.35. The van der Waals surface area contributed by atoms with Crippen molar-refractivity contribution in [1.82, 2.24) is 4.98 Å². The summed E-state index contributed by atoms with van der Waals surface area (Å²) in [5, 5.41) is 0.415. The Kier molecular flexibility index (Phi) is 3.87. The van der Waals surface area contributed by atoms with Crippen molar-refractivity contribution < 1.29 is 9.53 Å². The number of nitrogens with zero attached hydrogens (tertiary/aromatic N) is 1. The van der Waals surface area contributed by atoms with Gasteiger partial charge in [-0.05, 0) is 29.3 Å². The van der Waals surface area contributed by atoms with E-state index in [-0.39, 0.29) is 5.97 Å². The molecule has 5 heteroatoms. The molecule has 1 heterocycles. The van der Waals surface area contributed by atoms with Crippen LogP contribution in [0, 0.1) is 6.92 Å². The Balaban J connectivity index is 2.66. The van der Waals surface area contributed by atoms with Gasteiger partial charge in [0.2, 0.25) is 5.01 Å². The van der Waals surface area contributed by atoms with Crippen molar-refractivity contribution in [2.45, 2.75) is 20.3 Å². The normalized spacial score (nSPS) is 10.1. The van der Waals surface area contributed by atoms with Gasteiger partial charge in [-0.3, -0.25) is 0 Å². The van der Waals surface area contributed by atoms with Crippen molar-refractivity contribution in [3.63, 3.8) is 0 Å². The first-order valence-electron chi connectivity index (χ1n) is 3.95. The molecule has 0 aliphatic carbocycles. The van der Waals surface area contributed by atoms with Crippen molar-refractivity contribution in [2.75, 3.05) is 6.61 Å². The number of carbonyl (C=O) groups is 1. The molecule has 0 aliphatic rings. The SMILES string of the molecule is CCCOC(=O)c1nc(C)c(Br)s1. The molecule has 0 saturated carbocycles. The Morgan fingerprint density at radius 2 is 2.38 bits per heavy atom. The fraction of sp³-hybridized carbons (Fsp3) is 0.500. The van der Waals surface area contributed by atoms with Gasteiger partial charge in [-0.2, -0.15) is 0 Å². The van der Waals surface area contributed by atoms with E-state index in [1.54, 1.807) is 0 Å². The van der Waals surface area contributed by atoms with Gasteiger partial charge in [-0.1, -0.05) is 18.3 Å². The van der Waals surface area contributed by atoms with E-state index in [0.29, 0.717) is 11.6 Å². The topological polar surface area (TPSA) is 39.2 Å². The van der Waals surface area contributed by atoms with Crippen LogP contribution >= 0.6 is 27.3 Å². The van der Waals surface area contributed by atoms with E-state index < -0.39 is 0 Å². The van der Waals surface area contributed by atoms with Crippen LogP contribution in [0.3, 0.4) is 0 Å². The molecule has 0 atom stereocenters. The highest BCUT2D eigenvalue weighted by molar-refractivity contribution is 9.11. The van der Waals surface area contributed by atoms with Gasteiger partial charge in [-0.25, -0.2) is 9.78 Å². The van der Waals surface area contributed by atoms with E-state index in [4.69, 9.17) is 4.74 Å². The molecular weight excluding hydrogens is 254 g/mol. The molecule has 72 valence electrons. The molecular formula is C8H10BrNO2S. The van der Waals surface area contributed by atoms with Gasteiger partial charge in [0.1, 0.15) is 0 Å². The molecule has 0 N–H and O–H groups in total. The quantitative estimate of drug-likeness (QED) is 0.788. The first-order valence-corrected chi connectivity index (χ1v) is 5.56.